The first-order chi connectivity index (χ1) is 8.15. The lowest BCUT2D eigenvalue weighted by Gasteiger charge is -2.03. The van der Waals surface area contributed by atoms with E-state index in [1.165, 1.54) is 6.20 Å². The van der Waals surface area contributed by atoms with Crippen molar-refractivity contribution in [3.8, 4) is 11.8 Å². The molecule has 0 aromatic carbocycles. The predicted molar refractivity (Wildman–Crippen MR) is 61.0 cm³/mol. The van der Waals surface area contributed by atoms with Gasteiger partial charge in [-0.2, -0.15) is 0 Å². The van der Waals surface area contributed by atoms with E-state index in [1.54, 1.807) is 18.3 Å². The number of carboxylic acid groups (broad SMARTS) is 1. The number of halogens is 1. The van der Waals surface area contributed by atoms with Crippen molar-refractivity contribution in [2.75, 3.05) is 0 Å². The van der Waals surface area contributed by atoms with Crippen LogP contribution in [0.25, 0.3) is 0 Å². The molecule has 6 nitrogen and oxygen atoms in total. The third kappa shape index (κ3) is 2.97. The Morgan fingerprint density at radius 2 is 2.06 bits per heavy atom. The summed E-state index contributed by atoms with van der Waals surface area (Å²) in [6.07, 6.45) is 3.92. The van der Waals surface area contributed by atoms with Gasteiger partial charge in [-0.1, -0.05) is 15.9 Å². The van der Waals surface area contributed by atoms with Gasteiger partial charge in [-0.25, -0.2) is 19.7 Å². The summed E-state index contributed by atoms with van der Waals surface area (Å²) in [6.45, 7) is 0. The predicted octanol–water partition coefficient (Wildman–Crippen LogP) is 2.12. The molecule has 0 saturated heterocycles. The molecule has 0 bridgehead atoms. The Hall–Kier alpha value is -2.02. The number of pyridine rings is 1. The third-order valence-corrected chi connectivity index (χ3v) is 2.25. The minimum Gasteiger partial charge on any atom is -0.476 e. The number of aromatic carboxylic acids is 1. The van der Waals surface area contributed by atoms with E-state index in [2.05, 4.69) is 30.9 Å². The van der Waals surface area contributed by atoms with Gasteiger partial charge in [0.15, 0.2) is 5.69 Å². The van der Waals surface area contributed by atoms with Crippen LogP contribution in [-0.4, -0.2) is 26.0 Å². The smallest absolute Gasteiger partial charge is 0.356 e. The fourth-order valence-corrected chi connectivity index (χ4v) is 1.34. The van der Waals surface area contributed by atoms with Crippen molar-refractivity contribution in [2.45, 2.75) is 0 Å². The molecule has 0 fully saturated rings. The molecule has 0 atom stereocenters. The highest BCUT2D eigenvalue weighted by Gasteiger charge is 2.06. The highest BCUT2D eigenvalue weighted by Crippen LogP contribution is 2.19. The SMILES string of the molecule is O=C(O)c1cnc(Oc2cc(Br)ccn2)cn1. The van der Waals surface area contributed by atoms with Crippen molar-refractivity contribution in [3.05, 3.63) is 40.9 Å². The second-order valence-electron chi connectivity index (χ2n) is 2.96. The van der Waals surface area contributed by atoms with E-state index in [-0.39, 0.29) is 11.6 Å². The molecule has 2 aromatic rings. The maximum atomic E-state index is 10.6. The number of carbonyl (C=O) groups is 1. The summed E-state index contributed by atoms with van der Waals surface area (Å²) in [4.78, 5) is 22.0. The topological polar surface area (TPSA) is 85.2 Å². The number of hydrogen-bond acceptors (Lipinski definition) is 5. The number of nitrogens with zero attached hydrogens (tertiary/aromatic N) is 3. The lowest BCUT2D eigenvalue weighted by molar-refractivity contribution is 0.0690. The maximum Gasteiger partial charge on any atom is 0.356 e. The fourth-order valence-electron chi connectivity index (χ4n) is 1.03. The molecule has 2 heterocycles. The van der Waals surface area contributed by atoms with Crippen molar-refractivity contribution in [1.82, 2.24) is 15.0 Å². The molecule has 0 aliphatic carbocycles. The summed E-state index contributed by atoms with van der Waals surface area (Å²) in [6, 6.07) is 3.42. The van der Waals surface area contributed by atoms with Crippen molar-refractivity contribution >= 4 is 21.9 Å². The van der Waals surface area contributed by atoms with E-state index in [0.29, 0.717) is 5.88 Å². The molecule has 2 rings (SSSR count). The van der Waals surface area contributed by atoms with E-state index in [4.69, 9.17) is 9.84 Å². The standard InChI is InChI=1S/C10H6BrN3O3/c11-6-1-2-12-8(3-6)17-9-5-13-7(4-14-9)10(15)16/h1-5H,(H,15,16). The van der Waals surface area contributed by atoms with Crippen LogP contribution in [0.2, 0.25) is 0 Å². The van der Waals surface area contributed by atoms with E-state index in [9.17, 15) is 4.79 Å². The van der Waals surface area contributed by atoms with Crippen LogP contribution < -0.4 is 4.74 Å². The van der Waals surface area contributed by atoms with Crippen molar-refractivity contribution in [2.24, 2.45) is 0 Å². The van der Waals surface area contributed by atoms with Crippen LogP contribution in [0.15, 0.2) is 35.2 Å². The fraction of sp³-hybridized carbons (Fsp3) is 0. The second kappa shape index (κ2) is 4.88. The van der Waals surface area contributed by atoms with E-state index >= 15 is 0 Å². The molecule has 17 heavy (non-hydrogen) atoms. The van der Waals surface area contributed by atoms with Gasteiger partial charge in [-0.05, 0) is 6.07 Å². The van der Waals surface area contributed by atoms with Gasteiger partial charge in [0.1, 0.15) is 0 Å². The molecule has 0 saturated carbocycles. The molecule has 0 spiro atoms. The van der Waals surface area contributed by atoms with Crippen LogP contribution in [-0.2, 0) is 0 Å². The van der Waals surface area contributed by atoms with Crippen LogP contribution in [0, 0.1) is 0 Å². The maximum absolute atomic E-state index is 10.6. The van der Waals surface area contributed by atoms with Crippen molar-refractivity contribution < 1.29 is 14.6 Å². The number of carboxylic acids is 1. The zero-order chi connectivity index (χ0) is 12.3. The second-order valence-corrected chi connectivity index (χ2v) is 3.88. The van der Waals surface area contributed by atoms with Gasteiger partial charge < -0.3 is 9.84 Å². The van der Waals surface area contributed by atoms with Crippen LogP contribution in [0.5, 0.6) is 11.8 Å². The number of ether oxygens (including phenoxy) is 1. The van der Waals surface area contributed by atoms with Crippen molar-refractivity contribution in [3.63, 3.8) is 0 Å². The zero-order valence-corrected chi connectivity index (χ0v) is 9.96. The molecule has 7 heteroatoms. The van der Waals surface area contributed by atoms with Gasteiger partial charge in [0, 0.05) is 16.7 Å². The van der Waals surface area contributed by atoms with Gasteiger partial charge in [0.05, 0.1) is 12.4 Å². The zero-order valence-electron chi connectivity index (χ0n) is 8.37. The summed E-state index contributed by atoms with van der Waals surface area (Å²) in [5.74, 6) is -0.609. The molecular weight excluding hydrogens is 290 g/mol. The first-order valence-corrected chi connectivity index (χ1v) is 5.29. The molecule has 0 aliphatic heterocycles. The molecule has 86 valence electrons. The Morgan fingerprint density at radius 3 is 2.65 bits per heavy atom. The Bertz CT molecular complexity index is 545. The number of hydrogen-bond donors (Lipinski definition) is 1. The lowest BCUT2D eigenvalue weighted by Crippen LogP contribution is -2.01. The highest BCUT2D eigenvalue weighted by molar-refractivity contribution is 9.10. The average Bonchev–Trinajstić information content (AvgIpc) is 2.29. The Kier molecular flexibility index (Phi) is 3.29. The normalized spacial score (nSPS) is 9.94. The van der Waals surface area contributed by atoms with Crippen molar-refractivity contribution in [1.29, 1.82) is 0 Å². The quantitative estimate of drug-likeness (QED) is 0.933. The number of rotatable bonds is 3. The minimum atomic E-state index is -1.13. The highest BCUT2D eigenvalue weighted by atomic mass is 79.9. The Balaban J connectivity index is 2.16. The molecule has 2 aromatic heterocycles. The molecule has 0 radical (unpaired) electrons. The molecule has 0 amide bonds. The van der Waals surface area contributed by atoms with Crippen LogP contribution >= 0.6 is 15.9 Å². The summed E-state index contributed by atoms with van der Waals surface area (Å²) in [7, 11) is 0. The lowest BCUT2D eigenvalue weighted by atomic mass is 10.4. The summed E-state index contributed by atoms with van der Waals surface area (Å²) in [5, 5.41) is 8.64. The van der Waals surface area contributed by atoms with Gasteiger partial charge in [-0.15, -0.1) is 0 Å². The van der Waals surface area contributed by atoms with Gasteiger partial charge in [0.25, 0.3) is 0 Å². The number of aromatic nitrogens is 3. The Morgan fingerprint density at radius 1 is 1.24 bits per heavy atom. The van der Waals surface area contributed by atoms with Gasteiger partial charge in [-0.3, -0.25) is 0 Å². The largest absolute Gasteiger partial charge is 0.476 e. The first kappa shape index (κ1) is 11.5. The molecule has 1 N–H and O–H groups in total. The van der Waals surface area contributed by atoms with Crippen LogP contribution in [0.1, 0.15) is 10.5 Å². The van der Waals surface area contributed by atoms with E-state index in [1.807, 2.05) is 0 Å². The molecule has 0 unspecified atom stereocenters. The van der Waals surface area contributed by atoms with E-state index in [0.717, 1.165) is 10.7 Å². The van der Waals surface area contributed by atoms with Crippen LogP contribution in [0.3, 0.4) is 0 Å². The average molecular weight is 296 g/mol. The molecular formula is C10H6BrN3O3. The van der Waals surface area contributed by atoms with Crippen LogP contribution in [0.4, 0.5) is 0 Å². The first-order valence-electron chi connectivity index (χ1n) is 4.50. The monoisotopic (exact) mass is 295 g/mol. The van der Waals surface area contributed by atoms with Gasteiger partial charge in [0.2, 0.25) is 11.8 Å². The third-order valence-electron chi connectivity index (χ3n) is 1.75. The van der Waals surface area contributed by atoms with E-state index < -0.39 is 5.97 Å². The summed E-state index contributed by atoms with van der Waals surface area (Å²) < 4.78 is 6.10. The van der Waals surface area contributed by atoms with Gasteiger partial charge >= 0.3 is 5.97 Å². The summed E-state index contributed by atoms with van der Waals surface area (Å²) >= 11 is 3.27. The summed E-state index contributed by atoms with van der Waals surface area (Å²) in [5.41, 5.74) is -0.139. The molecule has 0 aliphatic rings. The minimum absolute atomic E-state index is 0.139. The Labute approximate surface area is 104 Å².